The Kier molecular flexibility index (Phi) is 8.32. The topological polar surface area (TPSA) is 67.9 Å². The lowest BCUT2D eigenvalue weighted by atomic mass is 9.84. The first-order valence-electron chi connectivity index (χ1n) is 12.9. The molecule has 1 saturated carbocycles. The molecule has 5 nitrogen and oxygen atoms in total. The average Bonchev–Trinajstić information content (AvgIpc) is 2.87. The molecule has 1 aliphatic rings. The second kappa shape index (κ2) is 11.6. The van der Waals surface area contributed by atoms with Crippen LogP contribution in [0, 0.1) is 23.1 Å². The Hall–Kier alpha value is -3.30. The Morgan fingerprint density at radius 2 is 1.75 bits per heavy atom. The molecule has 0 radical (unpaired) electrons. The maximum absolute atomic E-state index is 14.7. The number of nitriles is 1. The Morgan fingerprint density at radius 1 is 1.08 bits per heavy atom. The van der Waals surface area contributed by atoms with Crippen LogP contribution < -0.4 is 5.56 Å². The van der Waals surface area contributed by atoms with Crippen molar-refractivity contribution >= 4 is 0 Å². The van der Waals surface area contributed by atoms with Crippen LogP contribution in [0.2, 0.25) is 0 Å². The summed E-state index contributed by atoms with van der Waals surface area (Å²) >= 11 is 0. The largest absolute Gasteiger partial charge is 0.380 e. The van der Waals surface area contributed by atoms with Crippen LogP contribution >= 0.6 is 0 Å². The van der Waals surface area contributed by atoms with E-state index in [0.29, 0.717) is 23.4 Å². The van der Waals surface area contributed by atoms with Gasteiger partial charge in [-0.3, -0.25) is 9.36 Å². The highest BCUT2D eigenvalue weighted by molar-refractivity contribution is 5.80. The summed E-state index contributed by atoms with van der Waals surface area (Å²) in [6.45, 7) is 2.74. The lowest BCUT2D eigenvalue weighted by Crippen LogP contribution is -2.27. The average molecular weight is 488 g/mol. The molecule has 1 heterocycles. The zero-order valence-electron chi connectivity index (χ0n) is 21.4. The highest BCUT2D eigenvalue weighted by atomic mass is 19.1. The minimum Gasteiger partial charge on any atom is -0.380 e. The molecule has 0 unspecified atom stereocenters. The molecule has 0 N–H and O–H groups in total. The number of benzene rings is 2. The zero-order chi connectivity index (χ0) is 25.7. The third kappa shape index (κ3) is 5.42. The van der Waals surface area contributed by atoms with E-state index in [4.69, 9.17) is 9.72 Å². The number of hydrogen-bond acceptors (Lipinski definition) is 4. The summed E-state index contributed by atoms with van der Waals surface area (Å²) in [5.74, 6) is 1.11. The lowest BCUT2D eigenvalue weighted by molar-refractivity contribution is 0.185. The molecule has 0 bridgehead atoms. The van der Waals surface area contributed by atoms with Crippen LogP contribution in [0.15, 0.2) is 47.3 Å². The van der Waals surface area contributed by atoms with Gasteiger partial charge in [0, 0.05) is 25.6 Å². The van der Waals surface area contributed by atoms with Crippen molar-refractivity contribution in [2.24, 2.45) is 13.0 Å². The molecule has 1 aliphatic carbocycles. The van der Waals surface area contributed by atoms with Crippen molar-refractivity contribution in [1.82, 2.24) is 9.55 Å². The Labute approximate surface area is 212 Å². The SMILES string of the molecule is CCC1CCCC(c2nc(-c3ccc(C#N)c(F)c3)c(-c3ccc(COC)cc3)c(=O)n2C)CCC1. The van der Waals surface area contributed by atoms with Gasteiger partial charge < -0.3 is 4.74 Å². The van der Waals surface area contributed by atoms with E-state index in [1.54, 1.807) is 24.8 Å². The number of nitrogens with zero attached hydrogens (tertiary/aromatic N) is 3. The fourth-order valence-corrected chi connectivity index (χ4v) is 5.40. The molecule has 1 fully saturated rings. The van der Waals surface area contributed by atoms with Gasteiger partial charge in [0.05, 0.1) is 23.4 Å². The number of rotatable bonds is 6. The Bertz CT molecular complexity index is 1300. The number of methoxy groups -OCH3 is 1. The molecule has 36 heavy (non-hydrogen) atoms. The molecule has 0 atom stereocenters. The summed E-state index contributed by atoms with van der Waals surface area (Å²) in [6.07, 6.45) is 7.84. The van der Waals surface area contributed by atoms with Crippen molar-refractivity contribution in [3.05, 3.63) is 75.6 Å². The van der Waals surface area contributed by atoms with E-state index in [-0.39, 0.29) is 17.0 Å². The molecule has 4 rings (SSSR count). The molecule has 0 amide bonds. The van der Waals surface area contributed by atoms with Gasteiger partial charge in [0.15, 0.2) is 0 Å². The number of hydrogen-bond donors (Lipinski definition) is 0. The summed E-state index contributed by atoms with van der Waals surface area (Å²) < 4.78 is 21.6. The maximum atomic E-state index is 14.7. The van der Waals surface area contributed by atoms with Gasteiger partial charge >= 0.3 is 0 Å². The highest BCUT2D eigenvalue weighted by Crippen LogP contribution is 2.35. The molecule has 0 saturated heterocycles. The number of ether oxygens (including phenoxy) is 1. The van der Waals surface area contributed by atoms with Crippen LogP contribution in [0.5, 0.6) is 0 Å². The van der Waals surface area contributed by atoms with Gasteiger partial charge in [-0.1, -0.05) is 69.4 Å². The molecule has 3 aromatic rings. The van der Waals surface area contributed by atoms with Crippen LogP contribution in [-0.4, -0.2) is 16.7 Å². The third-order valence-electron chi connectivity index (χ3n) is 7.51. The molecule has 0 aliphatic heterocycles. The number of aromatic nitrogens is 2. The number of halogens is 1. The first kappa shape index (κ1) is 25.8. The normalized spacial score (nSPS) is 18.3. The van der Waals surface area contributed by atoms with E-state index < -0.39 is 5.82 Å². The standard InChI is InChI=1S/C30H34FN3O2/c1-4-20-7-5-9-23(10-6-8-20)29-33-28(24-15-16-25(18-32)26(31)17-24)27(30(35)34(29)2)22-13-11-21(12-14-22)19-36-3/h11-17,20,23H,4-10,19H2,1-3H3. The van der Waals surface area contributed by atoms with Gasteiger partial charge in [0.1, 0.15) is 17.7 Å². The van der Waals surface area contributed by atoms with Crippen LogP contribution in [0.1, 0.15) is 74.7 Å². The van der Waals surface area contributed by atoms with E-state index in [0.717, 1.165) is 48.6 Å². The summed E-state index contributed by atoms with van der Waals surface area (Å²) in [5, 5.41) is 9.19. The highest BCUT2D eigenvalue weighted by Gasteiger charge is 2.25. The Balaban J connectivity index is 1.85. The van der Waals surface area contributed by atoms with Crippen molar-refractivity contribution in [3.63, 3.8) is 0 Å². The molecule has 1 aromatic heterocycles. The van der Waals surface area contributed by atoms with Crippen LogP contribution in [0.25, 0.3) is 22.4 Å². The molecule has 6 heteroatoms. The molecular formula is C30H34FN3O2. The van der Waals surface area contributed by atoms with Gasteiger partial charge in [0.2, 0.25) is 0 Å². The predicted octanol–water partition coefficient (Wildman–Crippen LogP) is 6.74. The van der Waals surface area contributed by atoms with Crippen LogP contribution in [0.4, 0.5) is 4.39 Å². The molecule has 188 valence electrons. The van der Waals surface area contributed by atoms with Crippen molar-refractivity contribution in [1.29, 1.82) is 5.26 Å². The first-order valence-corrected chi connectivity index (χ1v) is 12.9. The van der Waals surface area contributed by atoms with E-state index in [1.165, 1.54) is 31.4 Å². The van der Waals surface area contributed by atoms with E-state index in [1.807, 2.05) is 30.3 Å². The second-order valence-electron chi connectivity index (χ2n) is 9.83. The van der Waals surface area contributed by atoms with Gasteiger partial charge in [0.25, 0.3) is 5.56 Å². The molecular weight excluding hydrogens is 453 g/mol. The summed E-state index contributed by atoms with van der Waals surface area (Å²) in [6, 6.07) is 13.9. The summed E-state index contributed by atoms with van der Waals surface area (Å²) in [7, 11) is 3.44. The van der Waals surface area contributed by atoms with Crippen molar-refractivity contribution < 1.29 is 9.13 Å². The van der Waals surface area contributed by atoms with E-state index in [2.05, 4.69) is 6.92 Å². The first-order chi connectivity index (χ1) is 17.5. The molecule has 0 spiro atoms. The van der Waals surface area contributed by atoms with E-state index >= 15 is 0 Å². The Morgan fingerprint density at radius 3 is 2.33 bits per heavy atom. The van der Waals surface area contributed by atoms with Crippen LogP contribution in [-0.2, 0) is 18.4 Å². The van der Waals surface area contributed by atoms with Gasteiger partial charge in [-0.25, -0.2) is 9.37 Å². The van der Waals surface area contributed by atoms with Crippen LogP contribution in [0.3, 0.4) is 0 Å². The van der Waals surface area contributed by atoms with Gasteiger partial charge in [-0.2, -0.15) is 5.26 Å². The fourth-order valence-electron chi connectivity index (χ4n) is 5.40. The van der Waals surface area contributed by atoms with E-state index in [9.17, 15) is 14.4 Å². The second-order valence-corrected chi connectivity index (χ2v) is 9.83. The zero-order valence-corrected chi connectivity index (χ0v) is 21.4. The molecule has 2 aromatic carbocycles. The lowest BCUT2D eigenvalue weighted by Gasteiger charge is -2.26. The van der Waals surface area contributed by atoms with Gasteiger partial charge in [-0.05, 0) is 42.0 Å². The van der Waals surface area contributed by atoms with Gasteiger partial charge in [-0.15, -0.1) is 0 Å². The monoisotopic (exact) mass is 487 g/mol. The van der Waals surface area contributed by atoms with Crippen molar-refractivity contribution in [3.8, 4) is 28.5 Å². The smallest absolute Gasteiger partial charge is 0.261 e. The minimum atomic E-state index is -0.614. The van der Waals surface area contributed by atoms with Crippen molar-refractivity contribution in [2.45, 2.75) is 64.4 Å². The summed E-state index contributed by atoms with van der Waals surface area (Å²) in [5.41, 5.74) is 2.94. The quantitative estimate of drug-likeness (QED) is 0.386. The predicted molar refractivity (Wildman–Crippen MR) is 140 cm³/mol. The summed E-state index contributed by atoms with van der Waals surface area (Å²) in [4.78, 5) is 18.9. The third-order valence-corrected chi connectivity index (χ3v) is 7.51. The fraction of sp³-hybridized carbons (Fsp3) is 0.433. The minimum absolute atomic E-state index is 0.0289. The maximum Gasteiger partial charge on any atom is 0.261 e. The van der Waals surface area contributed by atoms with Crippen molar-refractivity contribution in [2.75, 3.05) is 7.11 Å².